The SMILES string of the molecule is COC(=O)c1cc(Cl)ccc1NC(=O)C1CCC(CN)O1. The van der Waals surface area contributed by atoms with Crippen LogP contribution in [0.2, 0.25) is 5.02 Å². The summed E-state index contributed by atoms with van der Waals surface area (Å²) in [7, 11) is 1.26. The van der Waals surface area contributed by atoms with Gasteiger partial charge in [-0.05, 0) is 31.0 Å². The van der Waals surface area contributed by atoms with E-state index in [1.807, 2.05) is 0 Å². The molecular formula is C14H17ClN2O4. The highest BCUT2D eigenvalue weighted by Gasteiger charge is 2.30. The van der Waals surface area contributed by atoms with E-state index in [2.05, 4.69) is 10.1 Å². The monoisotopic (exact) mass is 312 g/mol. The number of rotatable bonds is 4. The van der Waals surface area contributed by atoms with Crippen molar-refractivity contribution in [3.8, 4) is 0 Å². The van der Waals surface area contributed by atoms with E-state index in [9.17, 15) is 9.59 Å². The first kappa shape index (κ1) is 15.8. The third-order valence-corrected chi connectivity index (χ3v) is 3.54. The standard InChI is InChI=1S/C14H17ClN2O4/c1-20-14(19)10-6-8(15)2-4-11(10)17-13(18)12-5-3-9(7-16)21-12/h2,4,6,9,12H,3,5,7,16H2,1H3,(H,17,18). The van der Waals surface area contributed by atoms with Crippen molar-refractivity contribution in [1.29, 1.82) is 0 Å². The molecule has 1 aliphatic heterocycles. The molecule has 3 N–H and O–H groups in total. The number of anilines is 1. The van der Waals surface area contributed by atoms with Crippen LogP contribution in [0.5, 0.6) is 0 Å². The Hall–Kier alpha value is -1.63. The van der Waals surface area contributed by atoms with E-state index in [0.717, 1.165) is 6.42 Å². The molecule has 6 nitrogen and oxygen atoms in total. The number of hydrogen-bond acceptors (Lipinski definition) is 5. The van der Waals surface area contributed by atoms with Crippen LogP contribution in [0, 0.1) is 0 Å². The minimum absolute atomic E-state index is 0.0916. The maximum absolute atomic E-state index is 12.2. The first-order chi connectivity index (χ1) is 10.0. The lowest BCUT2D eigenvalue weighted by Gasteiger charge is -2.14. The van der Waals surface area contributed by atoms with E-state index < -0.39 is 12.1 Å². The molecule has 2 atom stereocenters. The fourth-order valence-electron chi connectivity index (χ4n) is 2.19. The fraction of sp³-hybridized carbons (Fsp3) is 0.429. The second kappa shape index (κ2) is 6.89. The van der Waals surface area contributed by atoms with E-state index in [-0.39, 0.29) is 17.6 Å². The van der Waals surface area contributed by atoms with Gasteiger partial charge in [0.15, 0.2) is 0 Å². The van der Waals surface area contributed by atoms with Crippen molar-refractivity contribution < 1.29 is 19.1 Å². The molecular weight excluding hydrogens is 296 g/mol. The Bertz CT molecular complexity index is 550. The molecule has 0 aliphatic carbocycles. The van der Waals surface area contributed by atoms with Crippen molar-refractivity contribution in [2.24, 2.45) is 5.73 Å². The lowest BCUT2D eigenvalue weighted by atomic mass is 10.1. The van der Waals surface area contributed by atoms with Gasteiger partial charge in [0.05, 0.1) is 24.5 Å². The zero-order chi connectivity index (χ0) is 15.4. The largest absolute Gasteiger partial charge is 0.465 e. The molecule has 7 heteroatoms. The Kier molecular flexibility index (Phi) is 5.17. The Balaban J connectivity index is 2.12. The molecule has 1 amide bonds. The molecule has 1 heterocycles. The number of methoxy groups -OCH3 is 1. The molecule has 0 spiro atoms. The van der Waals surface area contributed by atoms with Crippen LogP contribution in [0.3, 0.4) is 0 Å². The van der Waals surface area contributed by atoms with Crippen LogP contribution in [-0.4, -0.2) is 37.7 Å². The van der Waals surface area contributed by atoms with Gasteiger partial charge in [0, 0.05) is 11.6 Å². The number of esters is 1. The molecule has 21 heavy (non-hydrogen) atoms. The third-order valence-electron chi connectivity index (χ3n) is 3.31. The van der Waals surface area contributed by atoms with Crippen molar-refractivity contribution >= 4 is 29.2 Å². The van der Waals surface area contributed by atoms with Crippen molar-refractivity contribution in [1.82, 2.24) is 0 Å². The van der Waals surface area contributed by atoms with E-state index >= 15 is 0 Å². The van der Waals surface area contributed by atoms with Crippen molar-refractivity contribution in [3.63, 3.8) is 0 Å². The number of ether oxygens (including phenoxy) is 2. The Labute approximate surface area is 127 Å². The number of carbonyl (C=O) groups excluding carboxylic acids is 2. The average Bonchev–Trinajstić information content (AvgIpc) is 2.97. The zero-order valence-electron chi connectivity index (χ0n) is 11.6. The Morgan fingerprint density at radius 2 is 2.24 bits per heavy atom. The highest BCUT2D eigenvalue weighted by Crippen LogP contribution is 2.24. The summed E-state index contributed by atoms with van der Waals surface area (Å²) in [6.07, 6.45) is 0.708. The average molecular weight is 313 g/mol. The number of halogens is 1. The summed E-state index contributed by atoms with van der Waals surface area (Å²) in [6, 6.07) is 4.59. The number of nitrogens with one attached hydrogen (secondary N) is 1. The molecule has 0 bridgehead atoms. The highest BCUT2D eigenvalue weighted by molar-refractivity contribution is 6.31. The number of benzene rings is 1. The van der Waals surface area contributed by atoms with Gasteiger partial charge in [-0.3, -0.25) is 4.79 Å². The van der Waals surface area contributed by atoms with Crippen LogP contribution >= 0.6 is 11.6 Å². The minimum atomic E-state index is -0.569. The highest BCUT2D eigenvalue weighted by atomic mass is 35.5. The van der Waals surface area contributed by atoms with E-state index in [1.165, 1.54) is 13.2 Å². The summed E-state index contributed by atoms with van der Waals surface area (Å²) >= 11 is 5.86. The molecule has 2 unspecified atom stereocenters. The van der Waals surface area contributed by atoms with E-state index in [4.69, 9.17) is 22.1 Å². The van der Waals surface area contributed by atoms with E-state index in [0.29, 0.717) is 23.7 Å². The second-order valence-electron chi connectivity index (χ2n) is 4.73. The molecule has 0 aromatic heterocycles. The van der Waals surface area contributed by atoms with Crippen LogP contribution in [0.25, 0.3) is 0 Å². The van der Waals surface area contributed by atoms with Gasteiger partial charge in [-0.2, -0.15) is 0 Å². The molecule has 1 fully saturated rings. The zero-order valence-corrected chi connectivity index (χ0v) is 12.4. The van der Waals surface area contributed by atoms with Crippen LogP contribution in [-0.2, 0) is 14.3 Å². The summed E-state index contributed by atoms with van der Waals surface area (Å²) in [4.78, 5) is 23.9. The van der Waals surface area contributed by atoms with Crippen molar-refractivity contribution in [3.05, 3.63) is 28.8 Å². The maximum atomic E-state index is 12.2. The molecule has 1 aliphatic rings. The summed E-state index contributed by atoms with van der Waals surface area (Å²) in [5.41, 5.74) is 6.06. The van der Waals surface area contributed by atoms with Gasteiger partial charge < -0.3 is 20.5 Å². The molecule has 0 saturated carbocycles. The molecule has 1 aromatic carbocycles. The van der Waals surface area contributed by atoms with Crippen LogP contribution < -0.4 is 11.1 Å². The maximum Gasteiger partial charge on any atom is 0.340 e. The van der Waals surface area contributed by atoms with Gasteiger partial charge in [-0.1, -0.05) is 11.6 Å². The molecule has 1 saturated heterocycles. The third kappa shape index (κ3) is 3.72. The van der Waals surface area contributed by atoms with E-state index in [1.54, 1.807) is 12.1 Å². The molecule has 1 aromatic rings. The van der Waals surface area contributed by atoms with Crippen LogP contribution in [0.15, 0.2) is 18.2 Å². The Morgan fingerprint density at radius 3 is 2.86 bits per heavy atom. The van der Waals surface area contributed by atoms with Gasteiger partial charge in [0.1, 0.15) is 6.10 Å². The van der Waals surface area contributed by atoms with Gasteiger partial charge in [0.25, 0.3) is 5.91 Å². The summed E-state index contributed by atoms with van der Waals surface area (Å²) in [6.45, 7) is 0.387. The summed E-state index contributed by atoms with van der Waals surface area (Å²) < 4.78 is 10.2. The fourth-order valence-corrected chi connectivity index (χ4v) is 2.36. The molecule has 2 rings (SSSR count). The Morgan fingerprint density at radius 1 is 1.48 bits per heavy atom. The smallest absolute Gasteiger partial charge is 0.340 e. The summed E-state index contributed by atoms with van der Waals surface area (Å²) in [5.74, 6) is -0.876. The molecule has 0 radical (unpaired) electrons. The molecule has 114 valence electrons. The normalized spacial score (nSPS) is 21.1. The van der Waals surface area contributed by atoms with Crippen molar-refractivity contribution in [2.45, 2.75) is 25.0 Å². The number of hydrogen-bond donors (Lipinski definition) is 2. The van der Waals surface area contributed by atoms with Crippen LogP contribution in [0.4, 0.5) is 5.69 Å². The predicted molar refractivity (Wildman–Crippen MR) is 78.4 cm³/mol. The van der Waals surface area contributed by atoms with Crippen LogP contribution in [0.1, 0.15) is 23.2 Å². The second-order valence-corrected chi connectivity index (χ2v) is 5.17. The quantitative estimate of drug-likeness (QED) is 0.824. The first-order valence-corrected chi connectivity index (χ1v) is 6.97. The lowest BCUT2D eigenvalue weighted by molar-refractivity contribution is -0.126. The number of carbonyl (C=O) groups is 2. The number of amides is 1. The van der Waals surface area contributed by atoms with Crippen molar-refractivity contribution in [2.75, 3.05) is 19.0 Å². The van der Waals surface area contributed by atoms with Gasteiger partial charge in [0.2, 0.25) is 0 Å². The topological polar surface area (TPSA) is 90.7 Å². The van der Waals surface area contributed by atoms with Gasteiger partial charge >= 0.3 is 5.97 Å². The number of nitrogens with two attached hydrogens (primary N) is 1. The summed E-state index contributed by atoms with van der Waals surface area (Å²) in [5, 5.41) is 3.06. The van der Waals surface area contributed by atoms with Gasteiger partial charge in [-0.15, -0.1) is 0 Å². The predicted octanol–water partition coefficient (Wildman–Crippen LogP) is 1.57. The van der Waals surface area contributed by atoms with Gasteiger partial charge in [-0.25, -0.2) is 4.79 Å². The first-order valence-electron chi connectivity index (χ1n) is 6.59. The minimum Gasteiger partial charge on any atom is -0.465 e. The lowest BCUT2D eigenvalue weighted by Crippen LogP contribution is -2.30.